The van der Waals surface area contributed by atoms with E-state index >= 15 is 0 Å². The van der Waals surface area contributed by atoms with Crippen molar-refractivity contribution in [2.45, 2.75) is 20.5 Å². The van der Waals surface area contributed by atoms with Crippen LogP contribution >= 0.6 is 15.9 Å². The van der Waals surface area contributed by atoms with Crippen molar-refractivity contribution in [2.24, 2.45) is 0 Å². The van der Waals surface area contributed by atoms with Crippen LogP contribution in [0.25, 0.3) is 6.08 Å². The van der Waals surface area contributed by atoms with E-state index in [4.69, 9.17) is 18.9 Å². The highest BCUT2D eigenvalue weighted by Gasteiger charge is 2.29. The summed E-state index contributed by atoms with van der Waals surface area (Å²) < 4.78 is 23.0. The third-order valence-corrected chi connectivity index (χ3v) is 5.32. The van der Waals surface area contributed by atoms with Gasteiger partial charge in [-0.05, 0) is 44.2 Å². The number of hydrogen-bond donors (Lipinski definition) is 0. The van der Waals surface area contributed by atoms with E-state index in [-0.39, 0.29) is 18.3 Å². The molecule has 0 aromatic heterocycles. The molecule has 2 aliphatic rings. The minimum atomic E-state index is -0.444. The molecular formula is C22H20BrNO6. The molecule has 0 radical (unpaired) electrons. The molecule has 2 aliphatic heterocycles. The van der Waals surface area contributed by atoms with Crippen LogP contribution in [0.2, 0.25) is 0 Å². The molecule has 156 valence electrons. The fourth-order valence-electron chi connectivity index (χ4n) is 3.33. The first-order valence-corrected chi connectivity index (χ1v) is 10.4. The summed E-state index contributed by atoms with van der Waals surface area (Å²) in [6.07, 6.45) is 1.21. The molecule has 0 saturated heterocycles. The maximum absolute atomic E-state index is 12.8. The molecule has 0 saturated carbocycles. The van der Waals surface area contributed by atoms with Crippen molar-refractivity contribution in [1.29, 1.82) is 0 Å². The van der Waals surface area contributed by atoms with Crippen LogP contribution in [0.5, 0.6) is 17.2 Å². The average molecular weight is 474 g/mol. The Kier molecular flexibility index (Phi) is 5.78. The van der Waals surface area contributed by atoms with Crippen molar-refractivity contribution >= 4 is 33.9 Å². The number of ether oxygens (including phenoxy) is 4. The van der Waals surface area contributed by atoms with Crippen molar-refractivity contribution in [3.63, 3.8) is 0 Å². The highest BCUT2D eigenvalue weighted by atomic mass is 79.9. The SMILES string of the molecule is CCN(CC)C(=O)Oc1ccc2c(c1)OC(=Cc1cc(Br)cc3c1OCOC3)C2=O. The number of Topliss-reactive ketones (excluding diaryl/α,β-unsaturated/α-hetero) is 1. The third-order valence-electron chi connectivity index (χ3n) is 4.86. The lowest BCUT2D eigenvalue weighted by Crippen LogP contribution is -2.33. The van der Waals surface area contributed by atoms with Gasteiger partial charge in [0.25, 0.3) is 0 Å². The summed E-state index contributed by atoms with van der Waals surface area (Å²) in [4.78, 5) is 26.5. The van der Waals surface area contributed by atoms with Gasteiger partial charge in [0.05, 0.1) is 12.2 Å². The van der Waals surface area contributed by atoms with E-state index in [1.807, 2.05) is 26.0 Å². The minimum absolute atomic E-state index is 0.154. The smallest absolute Gasteiger partial charge is 0.415 e. The standard InChI is InChI=1S/C22H20BrNO6/c1-3-24(4-2)22(26)29-16-5-6-17-18(10-16)30-19(20(17)25)9-13-7-15(23)8-14-11-27-12-28-21(13)14/h5-10H,3-4,11-12H2,1-2H3. The maximum Gasteiger partial charge on any atom is 0.415 e. The zero-order chi connectivity index (χ0) is 21.3. The number of benzene rings is 2. The monoisotopic (exact) mass is 473 g/mol. The molecule has 30 heavy (non-hydrogen) atoms. The molecule has 4 rings (SSSR count). The Bertz CT molecular complexity index is 1040. The van der Waals surface area contributed by atoms with Gasteiger partial charge in [-0.1, -0.05) is 15.9 Å². The first-order valence-electron chi connectivity index (χ1n) is 9.58. The fourth-order valence-corrected chi connectivity index (χ4v) is 3.86. The van der Waals surface area contributed by atoms with Crippen molar-refractivity contribution in [1.82, 2.24) is 4.90 Å². The van der Waals surface area contributed by atoms with E-state index < -0.39 is 6.09 Å². The van der Waals surface area contributed by atoms with Gasteiger partial charge in [0, 0.05) is 34.8 Å². The molecule has 1 amide bonds. The maximum atomic E-state index is 12.8. The molecule has 0 fully saturated rings. The van der Waals surface area contributed by atoms with Crippen LogP contribution in [0.4, 0.5) is 4.79 Å². The number of allylic oxidation sites excluding steroid dienone is 1. The molecule has 7 nitrogen and oxygen atoms in total. The minimum Gasteiger partial charge on any atom is -0.467 e. The molecule has 0 aliphatic carbocycles. The molecular weight excluding hydrogens is 454 g/mol. The van der Waals surface area contributed by atoms with Crippen molar-refractivity contribution < 1.29 is 28.5 Å². The van der Waals surface area contributed by atoms with Crippen LogP contribution in [0.3, 0.4) is 0 Å². The zero-order valence-electron chi connectivity index (χ0n) is 16.6. The first kappa shape index (κ1) is 20.4. The van der Waals surface area contributed by atoms with Gasteiger partial charge in [-0.25, -0.2) is 4.79 Å². The van der Waals surface area contributed by atoms with Gasteiger partial charge in [-0.2, -0.15) is 0 Å². The first-order chi connectivity index (χ1) is 14.5. The molecule has 2 aromatic carbocycles. The third kappa shape index (κ3) is 3.93. The Morgan fingerprint density at radius 2 is 2.03 bits per heavy atom. The predicted molar refractivity (Wildman–Crippen MR) is 113 cm³/mol. The van der Waals surface area contributed by atoms with Crippen LogP contribution in [0.1, 0.15) is 35.3 Å². The summed E-state index contributed by atoms with van der Waals surface area (Å²) in [7, 11) is 0. The lowest BCUT2D eigenvalue weighted by molar-refractivity contribution is -0.0165. The summed E-state index contributed by atoms with van der Waals surface area (Å²) in [6, 6.07) is 8.51. The predicted octanol–water partition coefficient (Wildman–Crippen LogP) is 4.77. The molecule has 8 heteroatoms. The Morgan fingerprint density at radius 1 is 1.23 bits per heavy atom. The van der Waals surface area contributed by atoms with Gasteiger partial charge in [0.15, 0.2) is 12.6 Å². The summed E-state index contributed by atoms with van der Waals surface area (Å²) in [5, 5.41) is 0. The highest BCUT2D eigenvalue weighted by Crippen LogP contribution is 2.38. The van der Waals surface area contributed by atoms with Crippen LogP contribution in [0.15, 0.2) is 40.6 Å². The molecule has 0 unspecified atom stereocenters. The summed E-state index contributed by atoms with van der Waals surface area (Å²) in [6.45, 7) is 5.44. The zero-order valence-corrected chi connectivity index (χ0v) is 18.2. The number of ketones is 1. The largest absolute Gasteiger partial charge is 0.467 e. The number of halogens is 1. The summed E-state index contributed by atoms with van der Waals surface area (Å²) in [5.41, 5.74) is 2.01. The Hall–Kier alpha value is -2.84. The van der Waals surface area contributed by atoms with Crippen LogP contribution in [-0.2, 0) is 11.3 Å². The number of hydrogen-bond acceptors (Lipinski definition) is 6. The highest BCUT2D eigenvalue weighted by molar-refractivity contribution is 9.10. The van der Waals surface area contributed by atoms with Gasteiger partial charge < -0.3 is 23.8 Å². The van der Waals surface area contributed by atoms with E-state index in [0.717, 1.165) is 10.0 Å². The van der Waals surface area contributed by atoms with Gasteiger partial charge in [-0.3, -0.25) is 4.79 Å². The lowest BCUT2D eigenvalue weighted by atomic mass is 10.1. The van der Waals surface area contributed by atoms with E-state index in [9.17, 15) is 9.59 Å². The molecule has 2 heterocycles. The van der Waals surface area contributed by atoms with Gasteiger partial charge in [-0.15, -0.1) is 0 Å². The van der Waals surface area contributed by atoms with Crippen LogP contribution in [0, 0.1) is 0 Å². The molecule has 0 atom stereocenters. The second-order valence-corrected chi connectivity index (χ2v) is 7.65. The Balaban J connectivity index is 1.60. The molecule has 2 aromatic rings. The topological polar surface area (TPSA) is 74.3 Å². The van der Waals surface area contributed by atoms with Crippen molar-refractivity contribution in [3.05, 3.63) is 57.3 Å². The number of nitrogens with zero attached hydrogens (tertiary/aromatic N) is 1. The Morgan fingerprint density at radius 3 is 2.80 bits per heavy atom. The van der Waals surface area contributed by atoms with Crippen molar-refractivity contribution in [2.75, 3.05) is 19.9 Å². The number of rotatable bonds is 4. The van der Waals surface area contributed by atoms with E-state index in [1.165, 1.54) is 0 Å². The summed E-state index contributed by atoms with van der Waals surface area (Å²) >= 11 is 3.47. The van der Waals surface area contributed by atoms with E-state index in [1.54, 1.807) is 29.2 Å². The summed E-state index contributed by atoms with van der Waals surface area (Å²) in [5.74, 6) is 1.27. The van der Waals surface area contributed by atoms with Gasteiger partial charge in [0.2, 0.25) is 5.78 Å². The quantitative estimate of drug-likeness (QED) is 0.595. The molecule has 0 N–H and O–H groups in total. The van der Waals surface area contributed by atoms with Gasteiger partial charge >= 0.3 is 6.09 Å². The van der Waals surface area contributed by atoms with E-state index in [2.05, 4.69) is 15.9 Å². The number of amides is 1. The average Bonchev–Trinajstić information content (AvgIpc) is 3.03. The number of carbonyl (C=O) groups excluding carboxylic acids is 2. The van der Waals surface area contributed by atoms with Crippen LogP contribution in [-0.4, -0.2) is 36.7 Å². The number of carbonyl (C=O) groups is 2. The van der Waals surface area contributed by atoms with Crippen LogP contribution < -0.4 is 14.2 Å². The lowest BCUT2D eigenvalue weighted by Gasteiger charge is -2.20. The normalized spacial score (nSPS) is 15.8. The molecule has 0 bridgehead atoms. The molecule has 0 spiro atoms. The second kappa shape index (κ2) is 8.49. The second-order valence-electron chi connectivity index (χ2n) is 6.73. The van der Waals surface area contributed by atoms with E-state index in [0.29, 0.717) is 48.1 Å². The van der Waals surface area contributed by atoms with Gasteiger partial charge in [0.1, 0.15) is 17.2 Å². The fraction of sp³-hybridized carbons (Fsp3) is 0.273. The number of fused-ring (bicyclic) bond motifs is 2. The Labute approximate surface area is 182 Å². The van der Waals surface area contributed by atoms with Crippen molar-refractivity contribution in [3.8, 4) is 17.2 Å².